The number of benzene rings is 1. The van der Waals surface area contributed by atoms with Crippen molar-refractivity contribution in [3.63, 3.8) is 0 Å². The second kappa shape index (κ2) is 5.61. The van der Waals surface area contributed by atoms with E-state index in [9.17, 15) is 4.39 Å². The van der Waals surface area contributed by atoms with Crippen LogP contribution in [0.15, 0.2) is 18.2 Å². The Bertz CT molecular complexity index is 389. The van der Waals surface area contributed by atoms with Gasteiger partial charge in [0, 0.05) is 28.9 Å². The van der Waals surface area contributed by atoms with Gasteiger partial charge in [-0.1, -0.05) is 35.8 Å². The number of anilines is 1. The molecule has 1 aromatic rings. The summed E-state index contributed by atoms with van der Waals surface area (Å²) in [5.41, 5.74) is 1.73. The van der Waals surface area contributed by atoms with Gasteiger partial charge in [0.2, 0.25) is 0 Å². The maximum absolute atomic E-state index is 14.0. The average Bonchev–Trinajstić information content (AvgIpc) is 2.27. The summed E-state index contributed by atoms with van der Waals surface area (Å²) in [4.78, 5) is 2.17. The van der Waals surface area contributed by atoms with Crippen molar-refractivity contribution in [3.05, 3.63) is 29.6 Å². The topological polar surface area (TPSA) is 3.24 Å². The Labute approximate surface area is 115 Å². The molecule has 1 fully saturated rings. The van der Waals surface area contributed by atoms with Crippen LogP contribution in [0.2, 0.25) is 0 Å². The summed E-state index contributed by atoms with van der Waals surface area (Å²) in [6.07, 6.45) is 0. The highest BCUT2D eigenvalue weighted by Gasteiger charge is 2.24. The molecule has 2 atom stereocenters. The number of hydrogen-bond acceptors (Lipinski definition) is 2. The Morgan fingerprint density at radius 2 is 2.00 bits per heavy atom. The van der Waals surface area contributed by atoms with E-state index in [1.807, 2.05) is 23.9 Å². The first-order valence-corrected chi connectivity index (χ1v) is 7.91. The largest absolute Gasteiger partial charge is 0.367 e. The van der Waals surface area contributed by atoms with E-state index in [0.29, 0.717) is 15.8 Å². The first-order chi connectivity index (χ1) is 8.10. The Hall–Kier alpha value is -0.220. The molecule has 0 saturated carbocycles. The third-order valence-electron chi connectivity index (χ3n) is 2.93. The number of halogens is 2. The monoisotopic (exact) mass is 317 g/mol. The van der Waals surface area contributed by atoms with Gasteiger partial charge in [-0.2, -0.15) is 11.8 Å². The van der Waals surface area contributed by atoms with E-state index >= 15 is 0 Å². The molecule has 2 unspecified atom stereocenters. The molecule has 4 heteroatoms. The van der Waals surface area contributed by atoms with E-state index in [1.54, 1.807) is 6.07 Å². The predicted octanol–water partition coefficient (Wildman–Crippen LogP) is 4.05. The fourth-order valence-electron chi connectivity index (χ4n) is 2.26. The van der Waals surface area contributed by atoms with Crippen LogP contribution in [0.4, 0.5) is 10.1 Å². The summed E-state index contributed by atoms with van der Waals surface area (Å²) in [7, 11) is 0. The first-order valence-electron chi connectivity index (χ1n) is 5.85. The van der Waals surface area contributed by atoms with Gasteiger partial charge in [0.25, 0.3) is 0 Å². The molecule has 1 aromatic carbocycles. The van der Waals surface area contributed by atoms with Crippen LogP contribution in [0.1, 0.15) is 19.4 Å². The van der Waals surface area contributed by atoms with E-state index in [4.69, 9.17) is 0 Å². The first kappa shape index (κ1) is 13.2. The normalized spacial score (nSPS) is 25.1. The number of hydrogen-bond donors (Lipinski definition) is 0. The van der Waals surface area contributed by atoms with Gasteiger partial charge in [0.1, 0.15) is 5.82 Å². The standard InChI is InChI=1S/C13H17BrFNS/c1-9-7-16(8-10(2)17-9)13-4-3-11(6-14)5-12(13)15/h3-5,9-10H,6-8H2,1-2H3. The average molecular weight is 318 g/mol. The van der Waals surface area contributed by atoms with Crippen LogP contribution in [0.25, 0.3) is 0 Å². The van der Waals surface area contributed by atoms with Crippen LogP contribution in [0.5, 0.6) is 0 Å². The van der Waals surface area contributed by atoms with Gasteiger partial charge in [-0.25, -0.2) is 4.39 Å². The summed E-state index contributed by atoms with van der Waals surface area (Å²) >= 11 is 5.33. The number of rotatable bonds is 2. The lowest BCUT2D eigenvalue weighted by Crippen LogP contribution is -2.40. The van der Waals surface area contributed by atoms with Gasteiger partial charge < -0.3 is 4.90 Å². The molecule has 0 aliphatic carbocycles. The maximum Gasteiger partial charge on any atom is 0.146 e. The van der Waals surface area contributed by atoms with Gasteiger partial charge in [0.15, 0.2) is 0 Å². The number of thioether (sulfide) groups is 1. The van der Waals surface area contributed by atoms with Crippen molar-refractivity contribution in [1.82, 2.24) is 0 Å². The molecule has 0 radical (unpaired) electrons. The molecule has 0 aromatic heterocycles. The lowest BCUT2D eigenvalue weighted by molar-refractivity contribution is 0.610. The van der Waals surface area contributed by atoms with Crippen molar-refractivity contribution in [2.45, 2.75) is 29.7 Å². The van der Waals surface area contributed by atoms with Crippen molar-refractivity contribution in [2.75, 3.05) is 18.0 Å². The molecule has 1 aliphatic rings. The van der Waals surface area contributed by atoms with Crippen molar-refractivity contribution < 1.29 is 4.39 Å². The van der Waals surface area contributed by atoms with Crippen LogP contribution in [0.3, 0.4) is 0 Å². The SMILES string of the molecule is CC1CN(c2ccc(CBr)cc2F)CC(C)S1. The molecule has 0 spiro atoms. The molecule has 1 aliphatic heterocycles. The van der Waals surface area contributed by atoms with Gasteiger partial charge in [0.05, 0.1) is 5.69 Å². The van der Waals surface area contributed by atoms with E-state index < -0.39 is 0 Å². The molecule has 0 bridgehead atoms. The zero-order chi connectivity index (χ0) is 12.4. The van der Waals surface area contributed by atoms with E-state index in [-0.39, 0.29) is 5.82 Å². The molecular weight excluding hydrogens is 301 g/mol. The summed E-state index contributed by atoms with van der Waals surface area (Å²) in [6.45, 7) is 6.27. The fourth-order valence-corrected chi connectivity index (χ4v) is 3.94. The molecule has 1 heterocycles. The molecular formula is C13H17BrFNS. The van der Waals surface area contributed by atoms with Crippen LogP contribution in [-0.4, -0.2) is 23.6 Å². The van der Waals surface area contributed by atoms with Crippen LogP contribution in [-0.2, 0) is 5.33 Å². The Kier molecular flexibility index (Phi) is 4.36. The maximum atomic E-state index is 14.0. The molecule has 94 valence electrons. The highest BCUT2D eigenvalue weighted by Crippen LogP contribution is 2.30. The van der Waals surface area contributed by atoms with Crippen molar-refractivity contribution >= 4 is 33.4 Å². The van der Waals surface area contributed by atoms with Crippen molar-refractivity contribution in [2.24, 2.45) is 0 Å². The Morgan fingerprint density at radius 1 is 1.35 bits per heavy atom. The van der Waals surface area contributed by atoms with E-state index in [1.165, 1.54) is 0 Å². The van der Waals surface area contributed by atoms with Gasteiger partial charge in [-0.15, -0.1) is 0 Å². The molecule has 17 heavy (non-hydrogen) atoms. The van der Waals surface area contributed by atoms with Crippen LogP contribution < -0.4 is 4.90 Å². The van der Waals surface area contributed by atoms with Crippen molar-refractivity contribution in [3.8, 4) is 0 Å². The minimum Gasteiger partial charge on any atom is -0.367 e. The van der Waals surface area contributed by atoms with Crippen molar-refractivity contribution in [1.29, 1.82) is 0 Å². The summed E-state index contributed by atoms with van der Waals surface area (Å²) in [5, 5.41) is 1.83. The number of alkyl halides is 1. The second-order valence-corrected chi connectivity index (χ2v) is 7.02. The summed E-state index contributed by atoms with van der Waals surface area (Å²) in [6, 6.07) is 5.52. The smallest absolute Gasteiger partial charge is 0.146 e. The zero-order valence-electron chi connectivity index (χ0n) is 10.1. The summed E-state index contributed by atoms with van der Waals surface area (Å²) in [5.74, 6) is -0.103. The third-order valence-corrected chi connectivity index (χ3v) is 4.80. The van der Waals surface area contributed by atoms with Gasteiger partial charge in [-0.05, 0) is 17.7 Å². The predicted molar refractivity (Wildman–Crippen MR) is 77.8 cm³/mol. The van der Waals surface area contributed by atoms with Crippen LogP contribution >= 0.6 is 27.7 Å². The van der Waals surface area contributed by atoms with E-state index in [0.717, 1.165) is 24.3 Å². The Morgan fingerprint density at radius 3 is 2.53 bits per heavy atom. The highest BCUT2D eigenvalue weighted by molar-refractivity contribution is 9.08. The molecule has 1 saturated heterocycles. The third kappa shape index (κ3) is 3.16. The lowest BCUT2D eigenvalue weighted by Gasteiger charge is -2.36. The highest BCUT2D eigenvalue weighted by atomic mass is 79.9. The Balaban J connectivity index is 2.21. The zero-order valence-corrected chi connectivity index (χ0v) is 12.5. The number of nitrogens with zero attached hydrogens (tertiary/aromatic N) is 1. The molecule has 0 N–H and O–H groups in total. The van der Waals surface area contributed by atoms with Crippen LogP contribution in [0, 0.1) is 5.82 Å². The van der Waals surface area contributed by atoms with Gasteiger partial charge >= 0.3 is 0 Å². The molecule has 2 rings (SSSR count). The quantitative estimate of drug-likeness (QED) is 0.757. The fraction of sp³-hybridized carbons (Fsp3) is 0.538. The lowest BCUT2D eigenvalue weighted by atomic mass is 10.2. The minimum absolute atomic E-state index is 0.103. The van der Waals surface area contributed by atoms with E-state index in [2.05, 4.69) is 34.7 Å². The van der Waals surface area contributed by atoms with Gasteiger partial charge in [-0.3, -0.25) is 0 Å². The second-order valence-electron chi connectivity index (χ2n) is 4.58. The summed E-state index contributed by atoms with van der Waals surface area (Å²) < 4.78 is 14.0. The minimum atomic E-state index is -0.103. The molecule has 1 nitrogen and oxygen atoms in total. The molecule has 0 amide bonds.